The molecule has 0 atom stereocenters. The van der Waals surface area contributed by atoms with E-state index < -0.39 is 5.41 Å². The van der Waals surface area contributed by atoms with Crippen LogP contribution in [-0.4, -0.2) is 25.0 Å². The molecule has 1 aromatic heterocycles. The van der Waals surface area contributed by atoms with E-state index in [4.69, 9.17) is 9.47 Å². The van der Waals surface area contributed by atoms with Crippen molar-refractivity contribution >= 4 is 33.2 Å². The largest absolute Gasteiger partial charge is 0.486 e. The van der Waals surface area contributed by atoms with E-state index in [0.717, 1.165) is 34.2 Å². The summed E-state index contributed by atoms with van der Waals surface area (Å²) in [4.78, 5) is 25.1. The van der Waals surface area contributed by atoms with Crippen molar-refractivity contribution in [2.24, 2.45) is 5.41 Å². The molecular weight excluding hydrogens is 444 g/mol. The van der Waals surface area contributed by atoms with E-state index in [-0.39, 0.29) is 23.8 Å². The Morgan fingerprint density at radius 1 is 0.912 bits per heavy atom. The molecule has 0 spiro atoms. The molecule has 5 heteroatoms. The standard InChI is InChI=1S/C29H36O4S/c1-8-29(9-2,21-11-13-23(19(4)15-21)33-18-26(30)28(5,6)7)22-12-14-24-20(16-22)17-25(34-24)27(31)32-10-3/h11-17H,8-10,18H2,1-7H3. The molecule has 0 fully saturated rings. The molecule has 182 valence electrons. The number of aryl methyl sites for hydroxylation is 1. The van der Waals surface area contributed by atoms with Gasteiger partial charge >= 0.3 is 5.97 Å². The zero-order chi connectivity index (χ0) is 25.1. The summed E-state index contributed by atoms with van der Waals surface area (Å²) in [6.45, 7) is 14.5. The predicted molar refractivity (Wildman–Crippen MR) is 140 cm³/mol. The minimum absolute atomic E-state index is 0.0774. The molecule has 34 heavy (non-hydrogen) atoms. The number of thiophene rings is 1. The fraction of sp³-hybridized carbons (Fsp3) is 0.448. The lowest BCUT2D eigenvalue weighted by Crippen LogP contribution is -2.27. The van der Waals surface area contributed by atoms with E-state index in [0.29, 0.717) is 11.5 Å². The summed E-state index contributed by atoms with van der Waals surface area (Å²) in [5, 5.41) is 1.06. The van der Waals surface area contributed by atoms with Gasteiger partial charge in [-0.25, -0.2) is 4.79 Å². The monoisotopic (exact) mass is 480 g/mol. The molecule has 0 amide bonds. The molecule has 0 unspecified atom stereocenters. The first-order valence-electron chi connectivity index (χ1n) is 12.0. The van der Waals surface area contributed by atoms with Crippen LogP contribution in [0.4, 0.5) is 0 Å². The second kappa shape index (κ2) is 10.3. The number of fused-ring (bicyclic) bond motifs is 1. The van der Waals surface area contributed by atoms with Crippen LogP contribution in [0.15, 0.2) is 42.5 Å². The predicted octanol–water partition coefficient (Wildman–Crippen LogP) is 7.49. The third-order valence-electron chi connectivity index (χ3n) is 6.68. The number of rotatable bonds is 9. The number of carbonyl (C=O) groups is 2. The summed E-state index contributed by atoms with van der Waals surface area (Å²) in [6, 6.07) is 14.7. The van der Waals surface area contributed by atoms with E-state index in [2.05, 4.69) is 44.2 Å². The van der Waals surface area contributed by atoms with E-state index in [1.165, 1.54) is 22.5 Å². The number of carbonyl (C=O) groups excluding carboxylic acids is 2. The van der Waals surface area contributed by atoms with E-state index in [1.54, 1.807) is 0 Å². The smallest absolute Gasteiger partial charge is 0.348 e. The van der Waals surface area contributed by atoms with Crippen LogP contribution >= 0.6 is 11.3 Å². The van der Waals surface area contributed by atoms with Gasteiger partial charge in [0.1, 0.15) is 17.2 Å². The topological polar surface area (TPSA) is 52.6 Å². The second-order valence-corrected chi connectivity index (χ2v) is 10.9. The van der Waals surface area contributed by atoms with Gasteiger partial charge in [-0.15, -0.1) is 11.3 Å². The minimum Gasteiger partial charge on any atom is -0.486 e. The highest BCUT2D eigenvalue weighted by Gasteiger charge is 2.32. The molecular formula is C29H36O4S. The maximum absolute atomic E-state index is 12.3. The van der Waals surface area contributed by atoms with Gasteiger partial charge in [0.2, 0.25) is 0 Å². The molecule has 0 radical (unpaired) electrons. The van der Waals surface area contributed by atoms with Crippen LogP contribution in [0.2, 0.25) is 0 Å². The van der Waals surface area contributed by atoms with Crippen LogP contribution in [0.25, 0.3) is 10.1 Å². The van der Waals surface area contributed by atoms with Gasteiger partial charge in [-0.2, -0.15) is 0 Å². The molecule has 2 aromatic carbocycles. The Balaban J connectivity index is 1.95. The van der Waals surface area contributed by atoms with Gasteiger partial charge in [-0.3, -0.25) is 4.79 Å². The Morgan fingerprint density at radius 2 is 1.56 bits per heavy atom. The molecule has 4 nitrogen and oxygen atoms in total. The van der Waals surface area contributed by atoms with Crippen LogP contribution in [0.5, 0.6) is 5.75 Å². The highest BCUT2D eigenvalue weighted by molar-refractivity contribution is 7.20. The molecule has 0 N–H and O–H groups in total. The molecule has 0 saturated carbocycles. The number of ether oxygens (including phenoxy) is 2. The first-order chi connectivity index (χ1) is 16.1. The molecule has 3 aromatic rings. The molecule has 0 aliphatic heterocycles. The first-order valence-corrected chi connectivity index (χ1v) is 12.9. The summed E-state index contributed by atoms with van der Waals surface area (Å²) < 4.78 is 12.1. The maximum atomic E-state index is 12.3. The van der Waals surface area contributed by atoms with Crippen LogP contribution in [0.1, 0.15) is 80.7 Å². The molecule has 1 heterocycles. The lowest BCUT2D eigenvalue weighted by atomic mass is 9.70. The minimum atomic E-state index is -0.416. The quantitative estimate of drug-likeness (QED) is 0.298. The summed E-state index contributed by atoms with van der Waals surface area (Å²) in [6.07, 6.45) is 1.87. The fourth-order valence-corrected chi connectivity index (χ4v) is 5.28. The SMILES string of the molecule is CCOC(=O)c1cc2cc(C(CC)(CC)c3ccc(OCC(=O)C(C)(C)C)c(C)c3)ccc2s1. The third-order valence-corrected chi connectivity index (χ3v) is 7.77. The van der Waals surface area contributed by atoms with Crippen molar-refractivity contribution in [1.29, 1.82) is 0 Å². The lowest BCUT2D eigenvalue weighted by molar-refractivity contribution is -0.128. The van der Waals surface area contributed by atoms with Crippen molar-refractivity contribution in [3.8, 4) is 5.75 Å². The van der Waals surface area contributed by atoms with E-state index in [9.17, 15) is 9.59 Å². The van der Waals surface area contributed by atoms with Crippen molar-refractivity contribution in [2.75, 3.05) is 13.2 Å². The molecule has 0 saturated heterocycles. The third kappa shape index (κ3) is 5.20. The van der Waals surface area contributed by atoms with Gasteiger partial charge in [0.25, 0.3) is 0 Å². The Hall–Kier alpha value is -2.66. The van der Waals surface area contributed by atoms with Gasteiger partial charge in [0.05, 0.1) is 6.61 Å². The zero-order valence-corrected chi connectivity index (χ0v) is 22.2. The average Bonchev–Trinajstić information content (AvgIpc) is 3.23. The fourth-order valence-electron chi connectivity index (χ4n) is 4.35. The highest BCUT2D eigenvalue weighted by Crippen LogP contribution is 2.42. The zero-order valence-electron chi connectivity index (χ0n) is 21.4. The lowest BCUT2D eigenvalue weighted by Gasteiger charge is -2.34. The maximum Gasteiger partial charge on any atom is 0.348 e. The van der Waals surface area contributed by atoms with Gasteiger partial charge in [0.15, 0.2) is 5.78 Å². The van der Waals surface area contributed by atoms with Crippen molar-refractivity contribution in [3.05, 3.63) is 64.0 Å². The summed E-state index contributed by atoms with van der Waals surface area (Å²) >= 11 is 1.47. The molecule has 0 bridgehead atoms. The van der Waals surface area contributed by atoms with Crippen molar-refractivity contribution < 1.29 is 19.1 Å². The number of hydrogen-bond acceptors (Lipinski definition) is 5. The van der Waals surface area contributed by atoms with E-state index in [1.807, 2.05) is 46.8 Å². The molecule has 0 aliphatic carbocycles. The van der Waals surface area contributed by atoms with Crippen LogP contribution in [0, 0.1) is 12.3 Å². The molecule has 0 aliphatic rings. The van der Waals surface area contributed by atoms with E-state index >= 15 is 0 Å². The van der Waals surface area contributed by atoms with Gasteiger partial charge < -0.3 is 9.47 Å². The number of Topliss-reactive ketones (excluding diaryl/α,β-unsaturated/α-hetero) is 1. The Labute approximate surface area is 207 Å². The Morgan fingerprint density at radius 3 is 2.15 bits per heavy atom. The number of ketones is 1. The summed E-state index contributed by atoms with van der Waals surface area (Å²) in [7, 11) is 0. The van der Waals surface area contributed by atoms with Gasteiger partial charge in [-0.05, 0) is 73.0 Å². The number of hydrogen-bond donors (Lipinski definition) is 0. The van der Waals surface area contributed by atoms with Crippen molar-refractivity contribution in [3.63, 3.8) is 0 Å². The van der Waals surface area contributed by atoms with Gasteiger partial charge in [0, 0.05) is 15.5 Å². The van der Waals surface area contributed by atoms with Crippen LogP contribution in [0.3, 0.4) is 0 Å². The van der Waals surface area contributed by atoms with Crippen molar-refractivity contribution in [2.45, 2.75) is 66.7 Å². The Bertz CT molecular complexity index is 1180. The van der Waals surface area contributed by atoms with Gasteiger partial charge in [-0.1, -0.05) is 52.8 Å². The highest BCUT2D eigenvalue weighted by atomic mass is 32.1. The summed E-state index contributed by atoms with van der Waals surface area (Å²) in [5.41, 5.74) is 2.90. The second-order valence-electron chi connectivity index (χ2n) is 9.82. The summed E-state index contributed by atoms with van der Waals surface area (Å²) in [5.74, 6) is 0.562. The molecule has 3 rings (SSSR count). The Kier molecular flexibility index (Phi) is 7.87. The van der Waals surface area contributed by atoms with Crippen molar-refractivity contribution in [1.82, 2.24) is 0 Å². The first kappa shape index (κ1) is 26.0. The number of benzene rings is 2. The normalized spacial score (nSPS) is 12.1. The van der Waals surface area contributed by atoms with Crippen LogP contribution in [-0.2, 0) is 14.9 Å². The van der Waals surface area contributed by atoms with Crippen LogP contribution < -0.4 is 4.74 Å². The number of esters is 1. The average molecular weight is 481 g/mol.